The predicted octanol–water partition coefficient (Wildman–Crippen LogP) is 2.99. The number of rotatable bonds is 4. The number of piperidine rings is 1. The standard InChI is InChI=1S/C18H24N4O/c1-14-5-7-15(8-6-14)17-21-16(13-23-17)9-10-20-18(19)22-11-3-2-4-12-22/h5-8,13H,2-4,9-12H2,1H3,(H2,19,20). The van der Waals surface area contributed by atoms with E-state index < -0.39 is 0 Å². The van der Waals surface area contributed by atoms with Crippen LogP contribution in [0.4, 0.5) is 0 Å². The molecule has 1 saturated heterocycles. The van der Waals surface area contributed by atoms with Crippen LogP contribution >= 0.6 is 0 Å². The highest BCUT2D eigenvalue weighted by Gasteiger charge is 2.12. The average Bonchev–Trinajstić information content (AvgIpc) is 3.05. The van der Waals surface area contributed by atoms with E-state index in [-0.39, 0.29) is 0 Å². The molecule has 23 heavy (non-hydrogen) atoms. The van der Waals surface area contributed by atoms with E-state index >= 15 is 0 Å². The molecule has 1 aliphatic rings. The van der Waals surface area contributed by atoms with Crippen LogP contribution in [0.1, 0.15) is 30.5 Å². The number of aryl methyl sites for hydroxylation is 1. The van der Waals surface area contributed by atoms with Crippen LogP contribution in [0, 0.1) is 6.92 Å². The van der Waals surface area contributed by atoms with E-state index in [4.69, 9.17) is 10.2 Å². The van der Waals surface area contributed by atoms with E-state index in [1.165, 1.54) is 24.8 Å². The molecule has 2 heterocycles. The zero-order valence-electron chi connectivity index (χ0n) is 13.7. The quantitative estimate of drug-likeness (QED) is 0.696. The van der Waals surface area contributed by atoms with Gasteiger partial charge < -0.3 is 15.1 Å². The number of nitrogens with two attached hydrogens (primary N) is 1. The van der Waals surface area contributed by atoms with Crippen molar-refractivity contribution in [3.05, 3.63) is 41.8 Å². The molecule has 5 heteroatoms. The first-order valence-electron chi connectivity index (χ1n) is 8.29. The summed E-state index contributed by atoms with van der Waals surface area (Å²) >= 11 is 0. The van der Waals surface area contributed by atoms with Gasteiger partial charge in [0.1, 0.15) is 6.26 Å². The fourth-order valence-corrected chi connectivity index (χ4v) is 2.76. The Hall–Kier alpha value is -2.30. The third kappa shape index (κ3) is 4.12. The fourth-order valence-electron chi connectivity index (χ4n) is 2.76. The SMILES string of the molecule is Cc1ccc(-c2nc(CCN=C(N)N3CCCCC3)co2)cc1. The van der Waals surface area contributed by atoms with E-state index in [0.717, 1.165) is 30.8 Å². The van der Waals surface area contributed by atoms with Crippen LogP contribution in [0.3, 0.4) is 0 Å². The lowest BCUT2D eigenvalue weighted by Gasteiger charge is -2.27. The number of aliphatic imine (C=N–C) groups is 1. The normalized spacial score (nSPS) is 15.9. The topological polar surface area (TPSA) is 67.7 Å². The summed E-state index contributed by atoms with van der Waals surface area (Å²) in [6.07, 6.45) is 6.16. The smallest absolute Gasteiger partial charge is 0.226 e. The molecule has 5 nitrogen and oxygen atoms in total. The van der Waals surface area contributed by atoms with Crippen molar-refractivity contribution >= 4 is 5.96 Å². The minimum absolute atomic E-state index is 0.641. The van der Waals surface area contributed by atoms with Crippen molar-refractivity contribution < 1.29 is 4.42 Å². The number of aromatic nitrogens is 1. The van der Waals surface area contributed by atoms with E-state index in [2.05, 4.69) is 33.9 Å². The number of likely N-dealkylation sites (tertiary alicyclic amines) is 1. The summed E-state index contributed by atoms with van der Waals surface area (Å²) in [7, 11) is 0. The molecule has 0 spiro atoms. The zero-order valence-corrected chi connectivity index (χ0v) is 13.7. The van der Waals surface area contributed by atoms with Crippen LogP contribution in [0.2, 0.25) is 0 Å². The lowest BCUT2D eigenvalue weighted by Crippen LogP contribution is -2.41. The molecule has 2 aromatic rings. The van der Waals surface area contributed by atoms with Crippen LogP contribution in [0.25, 0.3) is 11.5 Å². The summed E-state index contributed by atoms with van der Waals surface area (Å²) in [6.45, 7) is 4.76. The molecule has 1 fully saturated rings. The van der Waals surface area contributed by atoms with Gasteiger partial charge in [0.25, 0.3) is 0 Å². The maximum Gasteiger partial charge on any atom is 0.226 e. The molecule has 2 N–H and O–H groups in total. The van der Waals surface area contributed by atoms with Gasteiger partial charge in [-0.25, -0.2) is 4.98 Å². The summed E-state index contributed by atoms with van der Waals surface area (Å²) in [6, 6.07) is 8.17. The van der Waals surface area contributed by atoms with Crippen molar-refractivity contribution in [3.63, 3.8) is 0 Å². The molecule has 1 aromatic heterocycles. The van der Waals surface area contributed by atoms with E-state index in [0.29, 0.717) is 18.4 Å². The number of guanidine groups is 1. The molecule has 0 radical (unpaired) electrons. The van der Waals surface area contributed by atoms with E-state index in [9.17, 15) is 0 Å². The zero-order chi connectivity index (χ0) is 16.1. The van der Waals surface area contributed by atoms with Gasteiger partial charge in [0, 0.05) is 31.6 Å². The predicted molar refractivity (Wildman–Crippen MR) is 92.3 cm³/mol. The van der Waals surface area contributed by atoms with Gasteiger partial charge in [0.15, 0.2) is 5.96 Å². The van der Waals surface area contributed by atoms with Crippen molar-refractivity contribution in [2.45, 2.75) is 32.6 Å². The summed E-state index contributed by atoms with van der Waals surface area (Å²) < 4.78 is 5.56. The second-order valence-corrected chi connectivity index (χ2v) is 6.05. The molecular weight excluding hydrogens is 288 g/mol. The molecule has 0 amide bonds. The Bertz CT molecular complexity index is 654. The van der Waals surface area contributed by atoms with Crippen molar-refractivity contribution in [2.24, 2.45) is 10.7 Å². The van der Waals surface area contributed by atoms with Crippen LogP contribution in [0.5, 0.6) is 0 Å². The maximum absolute atomic E-state index is 6.06. The Morgan fingerprint density at radius 2 is 1.96 bits per heavy atom. The lowest BCUT2D eigenvalue weighted by atomic mass is 10.1. The van der Waals surface area contributed by atoms with Crippen LogP contribution in [-0.2, 0) is 6.42 Å². The Labute approximate surface area is 137 Å². The Morgan fingerprint density at radius 1 is 1.22 bits per heavy atom. The molecule has 1 aromatic carbocycles. The van der Waals surface area contributed by atoms with Gasteiger partial charge in [-0.05, 0) is 38.3 Å². The van der Waals surface area contributed by atoms with E-state index in [1.54, 1.807) is 6.26 Å². The lowest BCUT2D eigenvalue weighted by molar-refractivity contribution is 0.338. The average molecular weight is 312 g/mol. The van der Waals surface area contributed by atoms with E-state index in [1.807, 2.05) is 12.1 Å². The van der Waals surface area contributed by atoms with Gasteiger partial charge in [-0.1, -0.05) is 17.7 Å². The number of hydrogen-bond donors (Lipinski definition) is 1. The number of nitrogens with zero attached hydrogens (tertiary/aromatic N) is 3. The van der Waals surface area contributed by atoms with Crippen LogP contribution in [0.15, 0.2) is 39.9 Å². The molecule has 0 bridgehead atoms. The Balaban J connectivity index is 1.55. The highest BCUT2D eigenvalue weighted by atomic mass is 16.3. The van der Waals surface area contributed by atoms with Crippen molar-refractivity contribution in [3.8, 4) is 11.5 Å². The fraction of sp³-hybridized carbons (Fsp3) is 0.444. The molecule has 0 saturated carbocycles. The number of hydrogen-bond acceptors (Lipinski definition) is 3. The third-order valence-electron chi connectivity index (χ3n) is 4.17. The minimum Gasteiger partial charge on any atom is -0.444 e. The molecule has 0 unspecified atom stereocenters. The van der Waals surface area contributed by atoms with Crippen molar-refractivity contribution in [1.29, 1.82) is 0 Å². The summed E-state index contributed by atoms with van der Waals surface area (Å²) in [5.41, 5.74) is 9.19. The first kappa shape index (κ1) is 15.6. The highest BCUT2D eigenvalue weighted by Crippen LogP contribution is 2.19. The molecule has 0 atom stereocenters. The van der Waals surface area contributed by atoms with Gasteiger partial charge in [-0.3, -0.25) is 4.99 Å². The number of oxazole rings is 1. The van der Waals surface area contributed by atoms with Gasteiger partial charge in [0.2, 0.25) is 5.89 Å². The van der Waals surface area contributed by atoms with Crippen molar-refractivity contribution in [2.75, 3.05) is 19.6 Å². The van der Waals surface area contributed by atoms with Gasteiger partial charge in [0.05, 0.1) is 5.69 Å². The highest BCUT2D eigenvalue weighted by molar-refractivity contribution is 5.78. The Kier molecular flexibility index (Phi) is 4.95. The molecule has 0 aliphatic carbocycles. The third-order valence-corrected chi connectivity index (χ3v) is 4.17. The summed E-state index contributed by atoms with van der Waals surface area (Å²) in [5.74, 6) is 1.32. The molecular formula is C18H24N4O. The first-order chi connectivity index (χ1) is 11.2. The van der Waals surface area contributed by atoms with Gasteiger partial charge >= 0.3 is 0 Å². The van der Waals surface area contributed by atoms with Gasteiger partial charge in [-0.15, -0.1) is 0 Å². The largest absolute Gasteiger partial charge is 0.444 e. The molecule has 122 valence electrons. The summed E-state index contributed by atoms with van der Waals surface area (Å²) in [4.78, 5) is 11.2. The minimum atomic E-state index is 0.641. The molecule has 1 aliphatic heterocycles. The van der Waals surface area contributed by atoms with Crippen LogP contribution in [-0.4, -0.2) is 35.5 Å². The van der Waals surface area contributed by atoms with Gasteiger partial charge in [-0.2, -0.15) is 0 Å². The van der Waals surface area contributed by atoms with Crippen molar-refractivity contribution in [1.82, 2.24) is 9.88 Å². The number of benzene rings is 1. The summed E-state index contributed by atoms with van der Waals surface area (Å²) in [5, 5.41) is 0. The monoisotopic (exact) mass is 312 g/mol. The van der Waals surface area contributed by atoms with Crippen LogP contribution < -0.4 is 5.73 Å². The second-order valence-electron chi connectivity index (χ2n) is 6.05. The first-order valence-corrected chi connectivity index (χ1v) is 8.29. The Morgan fingerprint density at radius 3 is 2.70 bits per heavy atom. The second kappa shape index (κ2) is 7.31. The maximum atomic E-state index is 6.06. The molecule has 3 rings (SSSR count).